The Hall–Kier alpha value is -2.82. The van der Waals surface area contributed by atoms with Crippen LogP contribution in [-0.4, -0.2) is 36.9 Å². The average molecular weight is 383 g/mol. The monoisotopic (exact) mass is 382 g/mol. The third-order valence-corrected chi connectivity index (χ3v) is 5.02. The lowest BCUT2D eigenvalue weighted by atomic mass is 9.84. The zero-order chi connectivity index (χ0) is 20.5. The molecule has 5 heteroatoms. The Bertz CT molecular complexity index is 776. The van der Waals surface area contributed by atoms with E-state index in [4.69, 9.17) is 4.74 Å². The number of rotatable bonds is 9. The van der Waals surface area contributed by atoms with Gasteiger partial charge in [-0.3, -0.25) is 9.59 Å². The molecule has 150 valence electrons. The smallest absolute Gasteiger partial charge is 0.243 e. The molecule has 0 aliphatic carbocycles. The van der Waals surface area contributed by atoms with Gasteiger partial charge in [0.2, 0.25) is 11.8 Å². The van der Waals surface area contributed by atoms with E-state index >= 15 is 0 Å². The van der Waals surface area contributed by atoms with Gasteiger partial charge < -0.3 is 15.0 Å². The molecule has 0 spiro atoms. The number of amides is 2. The number of carbonyl (C=O) groups excluding carboxylic acids is 2. The van der Waals surface area contributed by atoms with Crippen LogP contribution in [0.3, 0.4) is 0 Å². The van der Waals surface area contributed by atoms with E-state index in [0.29, 0.717) is 18.0 Å². The van der Waals surface area contributed by atoms with Crippen molar-refractivity contribution in [1.29, 1.82) is 0 Å². The topological polar surface area (TPSA) is 58.6 Å². The van der Waals surface area contributed by atoms with Crippen molar-refractivity contribution in [2.45, 2.75) is 33.1 Å². The number of hydrogen-bond acceptors (Lipinski definition) is 3. The quantitative estimate of drug-likeness (QED) is 0.703. The Morgan fingerprint density at radius 3 is 2.39 bits per heavy atom. The molecular formula is C23H30N2O3. The van der Waals surface area contributed by atoms with Crippen molar-refractivity contribution < 1.29 is 14.3 Å². The second-order valence-corrected chi connectivity index (χ2v) is 6.91. The molecule has 2 rings (SSSR count). The molecule has 0 aliphatic rings. The fourth-order valence-corrected chi connectivity index (χ4v) is 3.23. The fourth-order valence-electron chi connectivity index (χ4n) is 3.23. The van der Waals surface area contributed by atoms with Gasteiger partial charge in [-0.25, -0.2) is 0 Å². The molecule has 0 heterocycles. The highest BCUT2D eigenvalue weighted by Crippen LogP contribution is 2.29. The minimum absolute atomic E-state index is 0.0103. The second kappa shape index (κ2) is 10.5. The standard InChI is InChI=1S/C23H30N2O3/c1-5-17(3)22(18-11-8-7-9-12-18)23(27)25(6-2)16-21(26)24-19-13-10-14-20(15-19)28-4/h7-15,17,22H,5-6,16H2,1-4H3,(H,24,26). The van der Waals surface area contributed by atoms with Crippen molar-refractivity contribution in [3.8, 4) is 5.75 Å². The molecule has 0 bridgehead atoms. The van der Waals surface area contributed by atoms with Crippen LogP contribution in [0.1, 0.15) is 38.7 Å². The number of carbonyl (C=O) groups is 2. The Kier molecular flexibility index (Phi) is 8.05. The molecule has 0 saturated carbocycles. The maximum absolute atomic E-state index is 13.3. The third kappa shape index (κ3) is 5.59. The first kappa shape index (κ1) is 21.5. The summed E-state index contributed by atoms with van der Waals surface area (Å²) in [5.41, 5.74) is 1.64. The maximum Gasteiger partial charge on any atom is 0.243 e. The first-order valence-corrected chi connectivity index (χ1v) is 9.77. The summed E-state index contributed by atoms with van der Waals surface area (Å²) in [6.07, 6.45) is 0.888. The van der Waals surface area contributed by atoms with Gasteiger partial charge in [0.1, 0.15) is 5.75 Å². The highest BCUT2D eigenvalue weighted by Gasteiger charge is 2.30. The summed E-state index contributed by atoms with van der Waals surface area (Å²) in [7, 11) is 1.58. The van der Waals surface area contributed by atoms with Gasteiger partial charge in [-0.05, 0) is 30.5 Å². The highest BCUT2D eigenvalue weighted by molar-refractivity contribution is 5.95. The van der Waals surface area contributed by atoms with Gasteiger partial charge in [-0.1, -0.05) is 56.7 Å². The number of nitrogens with one attached hydrogen (secondary N) is 1. The van der Waals surface area contributed by atoms with E-state index in [2.05, 4.69) is 19.2 Å². The normalized spacial score (nSPS) is 12.7. The summed E-state index contributed by atoms with van der Waals surface area (Å²) in [6.45, 7) is 6.56. The Morgan fingerprint density at radius 1 is 1.07 bits per heavy atom. The third-order valence-electron chi connectivity index (χ3n) is 5.02. The average Bonchev–Trinajstić information content (AvgIpc) is 2.72. The summed E-state index contributed by atoms with van der Waals surface area (Å²) in [4.78, 5) is 27.5. The molecule has 2 aromatic carbocycles. The van der Waals surface area contributed by atoms with Gasteiger partial charge in [0.25, 0.3) is 0 Å². The second-order valence-electron chi connectivity index (χ2n) is 6.91. The summed E-state index contributed by atoms with van der Waals surface area (Å²) in [5, 5.41) is 2.85. The Labute approximate surface area is 167 Å². The predicted octanol–water partition coefficient (Wildman–Crippen LogP) is 4.31. The van der Waals surface area contributed by atoms with Gasteiger partial charge in [0.15, 0.2) is 0 Å². The van der Waals surface area contributed by atoms with Crippen LogP contribution in [0.4, 0.5) is 5.69 Å². The summed E-state index contributed by atoms with van der Waals surface area (Å²) >= 11 is 0. The van der Waals surface area contributed by atoms with Crippen molar-refractivity contribution in [2.24, 2.45) is 5.92 Å². The molecule has 5 nitrogen and oxygen atoms in total. The van der Waals surface area contributed by atoms with E-state index in [1.165, 1.54) is 0 Å². The molecule has 2 atom stereocenters. The zero-order valence-corrected chi connectivity index (χ0v) is 17.1. The Balaban J connectivity index is 2.13. The molecule has 2 aromatic rings. The van der Waals surface area contributed by atoms with Crippen molar-refractivity contribution in [3.05, 3.63) is 60.2 Å². The van der Waals surface area contributed by atoms with Crippen LogP contribution >= 0.6 is 0 Å². The van der Waals surface area contributed by atoms with Gasteiger partial charge in [0, 0.05) is 18.3 Å². The van der Waals surface area contributed by atoms with Gasteiger partial charge in [-0.2, -0.15) is 0 Å². The number of benzene rings is 2. The minimum Gasteiger partial charge on any atom is -0.497 e. The van der Waals surface area contributed by atoms with Crippen molar-refractivity contribution in [3.63, 3.8) is 0 Å². The molecule has 0 saturated heterocycles. The number of likely N-dealkylation sites (N-methyl/N-ethyl adjacent to an activating group) is 1. The molecule has 0 radical (unpaired) electrons. The van der Waals surface area contributed by atoms with Gasteiger partial charge in [0.05, 0.1) is 19.6 Å². The maximum atomic E-state index is 13.3. The van der Waals surface area contributed by atoms with Crippen LogP contribution in [-0.2, 0) is 9.59 Å². The SMILES string of the molecule is CCC(C)C(C(=O)N(CC)CC(=O)Nc1cccc(OC)c1)c1ccccc1. The van der Waals surface area contributed by atoms with E-state index in [1.54, 1.807) is 24.1 Å². The van der Waals surface area contributed by atoms with E-state index in [1.807, 2.05) is 49.4 Å². The van der Waals surface area contributed by atoms with Crippen LogP contribution < -0.4 is 10.1 Å². The number of anilines is 1. The predicted molar refractivity (Wildman–Crippen MR) is 113 cm³/mol. The molecule has 0 fully saturated rings. The fraction of sp³-hybridized carbons (Fsp3) is 0.391. The first-order chi connectivity index (χ1) is 13.5. The molecule has 2 amide bonds. The van der Waals surface area contributed by atoms with Gasteiger partial charge >= 0.3 is 0 Å². The molecule has 0 aliphatic heterocycles. The number of nitrogens with zero attached hydrogens (tertiary/aromatic N) is 1. The van der Waals surface area contributed by atoms with Crippen LogP contribution in [0.5, 0.6) is 5.75 Å². The number of methoxy groups -OCH3 is 1. The molecule has 28 heavy (non-hydrogen) atoms. The van der Waals surface area contributed by atoms with Crippen LogP contribution in [0.25, 0.3) is 0 Å². The number of hydrogen-bond donors (Lipinski definition) is 1. The van der Waals surface area contributed by atoms with E-state index in [9.17, 15) is 9.59 Å². The van der Waals surface area contributed by atoms with Crippen molar-refractivity contribution >= 4 is 17.5 Å². The largest absolute Gasteiger partial charge is 0.497 e. The van der Waals surface area contributed by atoms with E-state index < -0.39 is 0 Å². The molecule has 2 unspecified atom stereocenters. The summed E-state index contributed by atoms with van der Waals surface area (Å²) < 4.78 is 5.18. The van der Waals surface area contributed by atoms with Crippen molar-refractivity contribution in [1.82, 2.24) is 4.90 Å². The highest BCUT2D eigenvalue weighted by atomic mass is 16.5. The van der Waals surface area contributed by atoms with E-state index in [-0.39, 0.29) is 30.2 Å². The van der Waals surface area contributed by atoms with Gasteiger partial charge in [-0.15, -0.1) is 0 Å². The van der Waals surface area contributed by atoms with Crippen molar-refractivity contribution in [2.75, 3.05) is 25.5 Å². The van der Waals surface area contributed by atoms with Crippen LogP contribution in [0.15, 0.2) is 54.6 Å². The lowest BCUT2D eigenvalue weighted by Gasteiger charge is -2.29. The Morgan fingerprint density at radius 2 is 1.79 bits per heavy atom. The molecule has 0 aromatic heterocycles. The summed E-state index contributed by atoms with van der Waals surface area (Å²) in [6, 6.07) is 17.0. The molecular weight excluding hydrogens is 352 g/mol. The van der Waals surface area contributed by atoms with Crippen LogP contribution in [0.2, 0.25) is 0 Å². The minimum atomic E-state index is -0.254. The zero-order valence-electron chi connectivity index (χ0n) is 17.1. The van der Waals surface area contributed by atoms with Crippen LogP contribution in [0, 0.1) is 5.92 Å². The summed E-state index contributed by atoms with van der Waals surface area (Å²) in [5.74, 6) is 0.367. The van der Waals surface area contributed by atoms with E-state index in [0.717, 1.165) is 12.0 Å². The first-order valence-electron chi connectivity index (χ1n) is 9.77. The lowest BCUT2D eigenvalue weighted by Crippen LogP contribution is -2.42. The number of ether oxygens (including phenoxy) is 1. The molecule has 1 N–H and O–H groups in total. The lowest BCUT2D eigenvalue weighted by molar-refractivity contribution is -0.136.